The van der Waals surface area contributed by atoms with E-state index in [-0.39, 0.29) is 0 Å². The molecule has 0 saturated heterocycles. The Morgan fingerprint density at radius 2 is 2.21 bits per heavy atom. The number of halogens is 1. The summed E-state index contributed by atoms with van der Waals surface area (Å²) in [6, 6.07) is 3.07. The Morgan fingerprint density at radius 3 is 2.86 bits per heavy atom. The van der Waals surface area contributed by atoms with Gasteiger partial charge in [-0.15, -0.1) is 11.3 Å². The normalized spacial score (nSPS) is 34.5. The first kappa shape index (κ1) is 9.37. The number of hydrogen-bond donors (Lipinski definition) is 1. The van der Waals surface area contributed by atoms with Gasteiger partial charge in [-0.05, 0) is 57.6 Å². The van der Waals surface area contributed by atoms with E-state index in [0.717, 1.165) is 24.4 Å². The standard InChI is InChI=1S/C11H14BrNS/c12-10-4-7(6-14-10)5-13-11-8-2-1-3-9(8)11/h4,6,8-9,11,13H,1-3,5H2. The second kappa shape index (κ2) is 3.62. The average molecular weight is 272 g/mol. The summed E-state index contributed by atoms with van der Waals surface area (Å²) in [5.74, 6) is 2.05. The fourth-order valence-corrected chi connectivity index (χ4v) is 4.01. The van der Waals surface area contributed by atoms with E-state index >= 15 is 0 Å². The summed E-state index contributed by atoms with van der Waals surface area (Å²) in [6.45, 7) is 1.06. The molecule has 0 spiro atoms. The third-order valence-corrected chi connectivity index (χ3v) is 5.12. The largest absolute Gasteiger partial charge is 0.309 e. The van der Waals surface area contributed by atoms with E-state index < -0.39 is 0 Å². The lowest BCUT2D eigenvalue weighted by Crippen LogP contribution is -2.19. The van der Waals surface area contributed by atoms with E-state index in [1.54, 1.807) is 11.3 Å². The maximum absolute atomic E-state index is 3.67. The van der Waals surface area contributed by atoms with E-state index in [1.807, 2.05) is 0 Å². The number of hydrogen-bond acceptors (Lipinski definition) is 2. The van der Waals surface area contributed by atoms with Crippen molar-refractivity contribution in [3.8, 4) is 0 Å². The third-order valence-electron chi connectivity index (χ3n) is 3.57. The van der Waals surface area contributed by atoms with Gasteiger partial charge in [0.25, 0.3) is 0 Å². The average Bonchev–Trinajstić information content (AvgIpc) is 2.59. The van der Waals surface area contributed by atoms with Crippen molar-refractivity contribution >= 4 is 27.3 Å². The summed E-state index contributed by atoms with van der Waals surface area (Å²) < 4.78 is 1.24. The van der Waals surface area contributed by atoms with Crippen molar-refractivity contribution < 1.29 is 0 Å². The van der Waals surface area contributed by atoms with Crippen LogP contribution < -0.4 is 5.32 Å². The Kier molecular flexibility index (Phi) is 2.42. The van der Waals surface area contributed by atoms with Crippen LogP contribution in [-0.2, 0) is 6.54 Å². The molecule has 3 rings (SSSR count). The summed E-state index contributed by atoms with van der Waals surface area (Å²) in [4.78, 5) is 0. The molecule has 2 atom stereocenters. The molecule has 0 aliphatic heterocycles. The van der Waals surface area contributed by atoms with Crippen molar-refractivity contribution in [1.29, 1.82) is 0 Å². The zero-order valence-electron chi connectivity index (χ0n) is 8.00. The molecule has 2 aliphatic carbocycles. The summed E-state index contributed by atoms with van der Waals surface area (Å²) in [7, 11) is 0. The van der Waals surface area contributed by atoms with Gasteiger partial charge >= 0.3 is 0 Å². The topological polar surface area (TPSA) is 12.0 Å². The lowest BCUT2D eigenvalue weighted by atomic mass is 10.2. The van der Waals surface area contributed by atoms with Crippen molar-refractivity contribution in [3.63, 3.8) is 0 Å². The predicted octanol–water partition coefficient (Wildman–Crippen LogP) is 3.40. The molecule has 0 radical (unpaired) electrons. The lowest BCUT2D eigenvalue weighted by molar-refractivity contribution is 0.561. The number of nitrogens with one attached hydrogen (secondary N) is 1. The summed E-state index contributed by atoms with van der Waals surface area (Å²) in [6.07, 6.45) is 4.41. The van der Waals surface area contributed by atoms with Crippen molar-refractivity contribution in [2.45, 2.75) is 31.8 Å². The first-order valence-electron chi connectivity index (χ1n) is 5.31. The van der Waals surface area contributed by atoms with Crippen molar-refractivity contribution in [2.24, 2.45) is 11.8 Å². The fourth-order valence-electron chi connectivity index (χ4n) is 2.80. The van der Waals surface area contributed by atoms with Gasteiger partial charge in [-0.3, -0.25) is 0 Å². The molecule has 2 fully saturated rings. The lowest BCUT2D eigenvalue weighted by Gasteiger charge is -2.04. The minimum absolute atomic E-state index is 0.849. The molecular weight excluding hydrogens is 258 g/mol. The maximum atomic E-state index is 3.67. The highest BCUT2D eigenvalue weighted by Crippen LogP contribution is 2.51. The summed E-state index contributed by atoms with van der Waals surface area (Å²) in [5.41, 5.74) is 1.42. The van der Waals surface area contributed by atoms with Crippen LogP contribution in [0.1, 0.15) is 24.8 Å². The van der Waals surface area contributed by atoms with Crippen LogP contribution in [0.4, 0.5) is 0 Å². The van der Waals surface area contributed by atoms with Crippen LogP contribution in [0.25, 0.3) is 0 Å². The molecule has 2 saturated carbocycles. The van der Waals surface area contributed by atoms with E-state index in [4.69, 9.17) is 0 Å². The van der Waals surface area contributed by atoms with E-state index in [2.05, 4.69) is 32.7 Å². The molecule has 14 heavy (non-hydrogen) atoms. The minimum Gasteiger partial charge on any atom is -0.309 e. The molecule has 2 unspecified atom stereocenters. The minimum atomic E-state index is 0.849. The summed E-state index contributed by atoms with van der Waals surface area (Å²) in [5, 5.41) is 5.91. The van der Waals surface area contributed by atoms with Crippen LogP contribution in [-0.4, -0.2) is 6.04 Å². The molecule has 1 aromatic rings. The van der Waals surface area contributed by atoms with Gasteiger partial charge in [-0.1, -0.05) is 6.42 Å². The van der Waals surface area contributed by atoms with Gasteiger partial charge in [0.1, 0.15) is 0 Å². The third kappa shape index (κ3) is 1.66. The number of rotatable bonds is 3. The molecule has 1 aromatic heterocycles. The van der Waals surface area contributed by atoms with Crippen molar-refractivity contribution in [1.82, 2.24) is 5.32 Å². The molecule has 1 N–H and O–H groups in total. The molecule has 0 amide bonds. The molecule has 76 valence electrons. The smallest absolute Gasteiger partial charge is 0.0701 e. The molecule has 0 aromatic carbocycles. The molecule has 2 aliphatic rings. The monoisotopic (exact) mass is 271 g/mol. The Morgan fingerprint density at radius 1 is 1.43 bits per heavy atom. The van der Waals surface area contributed by atoms with Crippen LogP contribution in [0, 0.1) is 11.8 Å². The zero-order chi connectivity index (χ0) is 9.54. The highest BCUT2D eigenvalue weighted by Gasteiger charge is 2.51. The van der Waals surface area contributed by atoms with E-state index in [9.17, 15) is 0 Å². The van der Waals surface area contributed by atoms with Crippen LogP contribution >= 0.6 is 27.3 Å². The van der Waals surface area contributed by atoms with Gasteiger partial charge in [-0.25, -0.2) is 0 Å². The van der Waals surface area contributed by atoms with Crippen LogP contribution in [0.2, 0.25) is 0 Å². The van der Waals surface area contributed by atoms with Gasteiger partial charge in [0.2, 0.25) is 0 Å². The van der Waals surface area contributed by atoms with Crippen LogP contribution in [0.15, 0.2) is 15.2 Å². The first-order valence-corrected chi connectivity index (χ1v) is 6.98. The van der Waals surface area contributed by atoms with Crippen molar-refractivity contribution in [2.75, 3.05) is 0 Å². The van der Waals surface area contributed by atoms with Gasteiger partial charge in [0, 0.05) is 12.6 Å². The Balaban J connectivity index is 1.51. The van der Waals surface area contributed by atoms with E-state index in [0.29, 0.717) is 0 Å². The SMILES string of the molecule is Brc1cc(CNC2C3CCCC32)cs1. The molecule has 1 heterocycles. The quantitative estimate of drug-likeness (QED) is 0.889. The number of thiophene rings is 1. The van der Waals surface area contributed by atoms with Gasteiger partial charge < -0.3 is 5.32 Å². The Labute approximate surface area is 97.0 Å². The Hall–Kier alpha value is 0.140. The fraction of sp³-hybridized carbons (Fsp3) is 0.636. The molecule has 1 nitrogen and oxygen atoms in total. The van der Waals surface area contributed by atoms with Gasteiger partial charge in [-0.2, -0.15) is 0 Å². The number of fused-ring (bicyclic) bond motifs is 1. The van der Waals surface area contributed by atoms with E-state index in [1.165, 1.54) is 28.6 Å². The van der Waals surface area contributed by atoms with Crippen molar-refractivity contribution in [3.05, 3.63) is 20.8 Å². The second-order valence-corrected chi connectivity index (χ2v) is 6.71. The van der Waals surface area contributed by atoms with Crippen LogP contribution in [0.5, 0.6) is 0 Å². The summed E-state index contributed by atoms with van der Waals surface area (Å²) >= 11 is 5.27. The highest BCUT2D eigenvalue weighted by atomic mass is 79.9. The second-order valence-electron chi connectivity index (χ2n) is 4.42. The van der Waals surface area contributed by atoms with Crippen LogP contribution in [0.3, 0.4) is 0 Å². The van der Waals surface area contributed by atoms with Gasteiger partial charge in [0.05, 0.1) is 3.79 Å². The maximum Gasteiger partial charge on any atom is 0.0701 e. The first-order chi connectivity index (χ1) is 6.84. The molecular formula is C11H14BrNS. The molecule has 0 bridgehead atoms. The van der Waals surface area contributed by atoms with Gasteiger partial charge in [0.15, 0.2) is 0 Å². The zero-order valence-corrected chi connectivity index (χ0v) is 10.4. The highest BCUT2D eigenvalue weighted by molar-refractivity contribution is 9.11. The Bertz CT molecular complexity index is 326. The molecule has 3 heteroatoms. The predicted molar refractivity (Wildman–Crippen MR) is 63.5 cm³/mol.